The maximum Gasteiger partial charge on any atom is 0.274 e. The number of hydrogen-bond donors (Lipinski definition) is 2. The van der Waals surface area contributed by atoms with Gasteiger partial charge in [-0.1, -0.05) is 0 Å². The van der Waals surface area contributed by atoms with Gasteiger partial charge >= 0.3 is 0 Å². The number of nitrogens with zero attached hydrogens (tertiary/aromatic N) is 2. The largest absolute Gasteiger partial charge is 0.503 e. The summed E-state index contributed by atoms with van der Waals surface area (Å²) in [4.78, 5) is 39.7. The van der Waals surface area contributed by atoms with E-state index in [2.05, 4.69) is 5.32 Å². The van der Waals surface area contributed by atoms with Gasteiger partial charge in [0.1, 0.15) is 23.0 Å². The Kier molecular flexibility index (Phi) is 5.45. The topological polar surface area (TPSA) is 101 Å². The summed E-state index contributed by atoms with van der Waals surface area (Å²) in [5.41, 5.74) is -2.45. The van der Waals surface area contributed by atoms with Crippen LogP contribution in [0.5, 0.6) is 5.75 Å². The average Bonchev–Trinajstić information content (AvgIpc) is 2.85. The first-order valence-corrected chi connectivity index (χ1v) is 9.92. The predicted octanol–water partition coefficient (Wildman–Crippen LogP) is 1.71. The van der Waals surface area contributed by atoms with Crippen LogP contribution in [0.15, 0.2) is 23.1 Å². The average molecular weight is 451 g/mol. The number of nitrogens with one attached hydrogen (secondary N) is 1. The minimum Gasteiger partial charge on any atom is -0.503 e. The third-order valence-corrected chi connectivity index (χ3v) is 5.87. The lowest BCUT2D eigenvalue weighted by Crippen LogP contribution is -2.49. The summed E-state index contributed by atoms with van der Waals surface area (Å²) < 4.78 is 47.8. The fraction of sp³-hybridized carbons (Fsp3) is 0.381. The van der Waals surface area contributed by atoms with Crippen LogP contribution in [0.25, 0.3) is 0 Å². The highest BCUT2D eigenvalue weighted by Crippen LogP contribution is 2.32. The Hall–Kier alpha value is -3.34. The first-order valence-electron chi connectivity index (χ1n) is 9.92. The zero-order chi connectivity index (χ0) is 23.3. The Balaban J connectivity index is 1.70. The molecule has 0 aliphatic carbocycles. The molecule has 3 heterocycles. The van der Waals surface area contributed by atoms with Crippen molar-refractivity contribution in [1.82, 2.24) is 14.8 Å². The molecule has 1 aromatic heterocycles. The Labute approximate surface area is 180 Å². The van der Waals surface area contributed by atoms with Crippen molar-refractivity contribution in [2.24, 2.45) is 0 Å². The zero-order valence-corrected chi connectivity index (χ0v) is 17.2. The number of hydrogen-bond acceptors (Lipinski definition) is 5. The van der Waals surface area contributed by atoms with Crippen LogP contribution in [0, 0.1) is 17.5 Å². The maximum atomic E-state index is 13.8. The van der Waals surface area contributed by atoms with Gasteiger partial charge in [-0.3, -0.25) is 14.4 Å². The number of aromatic nitrogens is 1. The van der Waals surface area contributed by atoms with Crippen LogP contribution in [0.1, 0.15) is 46.3 Å². The van der Waals surface area contributed by atoms with Gasteiger partial charge in [-0.25, -0.2) is 13.2 Å². The highest BCUT2D eigenvalue weighted by atomic mass is 19.1. The van der Waals surface area contributed by atoms with Crippen molar-refractivity contribution in [2.45, 2.75) is 38.6 Å². The fourth-order valence-electron chi connectivity index (χ4n) is 4.01. The van der Waals surface area contributed by atoms with Gasteiger partial charge in [0.15, 0.2) is 11.4 Å². The lowest BCUT2D eigenvalue weighted by Gasteiger charge is -2.37. The summed E-state index contributed by atoms with van der Waals surface area (Å²) in [6, 6.07) is 0.186. The molecule has 2 aliphatic rings. The number of carbonyl (C=O) groups is 2. The van der Waals surface area contributed by atoms with E-state index in [1.165, 1.54) is 9.47 Å². The third-order valence-electron chi connectivity index (χ3n) is 5.87. The molecule has 0 unspecified atom stereocenters. The molecule has 2 aliphatic heterocycles. The molecule has 2 bridgehead atoms. The van der Waals surface area contributed by atoms with E-state index in [4.69, 9.17) is 4.74 Å². The van der Waals surface area contributed by atoms with Crippen LogP contribution in [0.3, 0.4) is 0 Å². The normalized spacial score (nSPS) is 22.3. The monoisotopic (exact) mass is 451 g/mol. The van der Waals surface area contributed by atoms with E-state index >= 15 is 0 Å². The number of carbonyl (C=O) groups excluding carboxylic acids is 2. The SMILES string of the molecule is C[C@H]1OC[C@H](C)N2C[C@H]1n1cc(C(=O)NCc3c(F)cc(F)cc3F)c(=O)c(O)c1C2=O. The molecule has 0 radical (unpaired) electrons. The molecule has 1 fully saturated rings. The van der Waals surface area contributed by atoms with Crippen LogP contribution in [-0.4, -0.2) is 51.7 Å². The number of amides is 2. The minimum atomic E-state index is -1.20. The molecule has 170 valence electrons. The van der Waals surface area contributed by atoms with Crippen LogP contribution < -0.4 is 10.7 Å². The molecule has 2 amide bonds. The van der Waals surface area contributed by atoms with E-state index in [1.807, 2.05) is 0 Å². The number of halogens is 3. The maximum absolute atomic E-state index is 13.8. The van der Waals surface area contributed by atoms with Crippen molar-refractivity contribution in [3.05, 3.63) is 62.8 Å². The minimum absolute atomic E-state index is 0.248. The number of benzene rings is 1. The molecule has 2 aromatic rings. The summed E-state index contributed by atoms with van der Waals surface area (Å²) in [5.74, 6) is -5.98. The van der Waals surface area contributed by atoms with Crippen LogP contribution >= 0.6 is 0 Å². The van der Waals surface area contributed by atoms with Crippen molar-refractivity contribution < 1.29 is 32.6 Å². The first-order chi connectivity index (χ1) is 15.1. The molecule has 3 atom stereocenters. The zero-order valence-electron chi connectivity index (χ0n) is 17.2. The van der Waals surface area contributed by atoms with Crippen molar-refractivity contribution in [2.75, 3.05) is 13.2 Å². The fourth-order valence-corrected chi connectivity index (χ4v) is 4.01. The second kappa shape index (κ2) is 7.97. The number of pyridine rings is 1. The number of rotatable bonds is 3. The van der Waals surface area contributed by atoms with Gasteiger partial charge in [-0.05, 0) is 13.8 Å². The van der Waals surface area contributed by atoms with Crippen molar-refractivity contribution >= 4 is 11.8 Å². The van der Waals surface area contributed by atoms with Gasteiger partial charge in [0.2, 0.25) is 5.43 Å². The molecule has 1 aromatic carbocycles. The third kappa shape index (κ3) is 3.52. The van der Waals surface area contributed by atoms with E-state index in [1.54, 1.807) is 13.8 Å². The van der Waals surface area contributed by atoms with Gasteiger partial charge in [0.25, 0.3) is 11.8 Å². The molecule has 0 spiro atoms. The summed E-state index contributed by atoms with van der Waals surface area (Å²) in [7, 11) is 0. The highest BCUT2D eigenvalue weighted by molar-refractivity contribution is 5.99. The smallest absolute Gasteiger partial charge is 0.274 e. The Morgan fingerprint density at radius 2 is 1.88 bits per heavy atom. The molecular formula is C21H20F3N3O5. The molecule has 11 heteroatoms. The summed E-state index contributed by atoms with van der Waals surface area (Å²) in [6.45, 7) is 3.42. The standard InChI is InChI=1S/C21H20F3N3O5/c1-9-8-32-10(2)16-7-26(9)21(31)17-19(29)18(28)13(6-27(16)17)20(30)25-5-12-14(23)3-11(22)4-15(12)24/h3-4,6,9-10,16,29H,5,7-8H2,1-2H3,(H,25,30)/t9-,10+,16+/m0/s1. The summed E-state index contributed by atoms with van der Waals surface area (Å²) >= 11 is 0. The van der Waals surface area contributed by atoms with Crippen LogP contribution in [0.2, 0.25) is 0 Å². The number of aromatic hydroxyl groups is 1. The second-order valence-corrected chi connectivity index (χ2v) is 7.92. The Morgan fingerprint density at radius 1 is 1.22 bits per heavy atom. The van der Waals surface area contributed by atoms with Gasteiger partial charge in [0, 0.05) is 37.0 Å². The summed E-state index contributed by atoms with van der Waals surface area (Å²) in [6.07, 6.45) is 0.745. The number of fused-ring (bicyclic) bond motifs is 4. The lowest BCUT2D eigenvalue weighted by atomic mass is 10.0. The van der Waals surface area contributed by atoms with Crippen molar-refractivity contribution in [3.8, 4) is 5.75 Å². The van der Waals surface area contributed by atoms with Crippen molar-refractivity contribution in [1.29, 1.82) is 0 Å². The number of ether oxygens (including phenoxy) is 1. The van der Waals surface area contributed by atoms with E-state index in [-0.39, 0.29) is 24.9 Å². The van der Waals surface area contributed by atoms with Crippen LogP contribution in [-0.2, 0) is 11.3 Å². The van der Waals surface area contributed by atoms with Gasteiger partial charge in [-0.15, -0.1) is 0 Å². The molecule has 0 saturated carbocycles. The van der Waals surface area contributed by atoms with Crippen LogP contribution in [0.4, 0.5) is 13.2 Å². The van der Waals surface area contributed by atoms with Gasteiger partial charge < -0.3 is 24.6 Å². The Morgan fingerprint density at radius 3 is 2.53 bits per heavy atom. The molecule has 8 nitrogen and oxygen atoms in total. The van der Waals surface area contributed by atoms with E-state index in [0.29, 0.717) is 12.1 Å². The van der Waals surface area contributed by atoms with Gasteiger partial charge in [0.05, 0.1) is 24.8 Å². The van der Waals surface area contributed by atoms with Gasteiger partial charge in [-0.2, -0.15) is 0 Å². The molecule has 32 heavy (non-hydrogen) atoms. The lowest BCUT2D eigenvalue weighted by molar-refractivity contribution is 0.0400. The van der Waals surface area contributed by atoms with E-state index in [9.17, 15) is 32.7 Å². The van der Waals surface area contributed by atoms with Crippen molar-refractivity contribution in [3.63, 3.8) is 0 Å². The quantitative estimate of drug-likeness (QED) is 0.740. The Bertz CT molecular complexity index is 1160. The molecule has 2 N–H and O–H groups in total. The summed E-state index contributed by atoms with van der Waals surface area (Å²) in [5, 5.41) is 12.7. The predicted molar refractivity (Wildman–Crippen MR) is 105 cm³/mol. The van der Waals surface area contributed by atoms with E-state index < -0.39 is 70.3 Å². The molecule has 4 rings (SSSR count). The highest BCUT2D eigenvalue weighted by Gasteiger charge is 2.41. The molecular weight excluding hydrogens is 431 g/mol. The molecule has 1 saturated heterocycles. The van der Waals surface area contributed by atoms with E-state index in [0.717, 1.165) is 6.20 Å². The first kappa shape index (κ1) is 21.9. The second-order valence-electron chi connectivity index (χ2n) is 7.92.